The molecule has 0 aliphatic heterocycles. The molecule has 2 aromatic heterocycles. The minimum absolute atomic E-state index is 0.147. The monoisotopic (exact) mass is 453 g/mol. The van der Waals surface area contributed by atoms with E-state index in [0.29, 0.717) is 22.4 Å². The van der Waals surface area contributed by atoms with Gasteiger partial charge >= 0.3 is 0 Å². The molecule has 4 aromatic rings. The quantitative estimate of drug-likeness (QED) is 0.435. The Bertz CT molecular complexity index is 1210. The van der Waals surface area contributed by atoms with Crippen molar-refractivity contribution in [1.29, 1.82) is 0 Å². The first-order valence-corrected chi connectivity index (χ1v) is 10.5. The summed E-state index contributed by atoms with van der Waals surface area (Å²) in [6, 6.07) is 17.0. The molecule has 0 saturated heterocycles. The Hall–Kier alpha value is -3.09. The second-order valence-electron chi connectivity index (χ2n) is 7.20. The number of anilines is 1. The summed E-state index contributed by atoms with van der Waals surface area (Å²) < 4.78 is 3.53. The predicted molar refractivity (Wildman–Crippen MR) is 123 cm³/mol. The van der Waals surface area contributed by atoms with Crippen molar-refractivity contribution in [3.05, 3.63) is 93.4 Å². The topological polar surface area (TPSA) is 64.7 Å². The highest BCUT2D eigenvalue weighted by molar-refractivity contribution is 6.36. The average Bonchev–Trinajstić information content (AvgIpc) is 3.30. The molecule has 6 nitrogen and oxygen atoms in total. The third kappa shape index (κ3) is 4.50. The van der Waals surface area contributed by atoms with Gasteiger partial charge in [-0.3, -0.25) is 4.79 Å². The van der Waals surface area contributed by atoms with Gasteiger partial charge in [0.05, 0.1) is 30.5 Å². The van der Waals surface area contributed by atoms with E-state index in [-0.39, 0.29) is 12.3 Å². The van der Waals surface area contributed by atoms with E-state index < -0.39 is 0 Å². The molecule has 0 aliphatic rings. The van der Waals surface area contributed by atoms with Crippen LogP contribution in [0.25, 0.3) is 5.69 Å². The highest BCUT2D eigenvalue weighted by atomic mass is 35.5. The minimum atomic E-state index is -0.147. The zero-order valence-electron chi connectivity index (χ0n) is 17.1. The van der Waals surface area contributed by atoms with Crippen molar-refractivity contribution in [1.82, 2.24) is 19.6 Å². The van der Waals surface area contributed by atoms with E-state index in [0.717, 1.165) is 28.2 Å². The molecule has 0 bridgehead atoms. The predicted octanol–water partition coefficient (Wildman–Crippen LogP) is 5.22. The fraction of sp³-hybridized carbons (Fsp3) is 0.174. The molecule has 31 heavy (non-hydrogen) atoms. The summed E-state index contributed by atoms with van der Waals surface area (Å²) in [4.78, 5) is 12.8. The zero-order chi connectivity index (χ0) is 22.0. The molecule has 0 spiro atoms. The van der Waals surface area contributed by atoms with Crippen LogP contribution in [-0.2, 0) is 17.8 Å². The molecule has 2 heterocycles. The van der Waals surface area contributed by atoms with Crippen LogP contribution in [0.1, 0.15) is 22.5 Å². The van der Waals surface area contributed by atoms with E-state index in [2.05, 4.69) is 15.5 Å². The molecule has 1 amide bonds. The van der Waals surface area contributed by atoms with Gasteiger partial charge in [0.1, 0.15) is 5.82 Å². The second kappa shape index (κ2) is 8.96. The van der Waals surface area contributed by atoms with Crippen LogP contribution in [0.5, 0.6) is 0 Å². The van der Waals surface area contributed by atoms with Gasteiger partial charge in [-0.15, -0.1) is 0 Å². The first-order valence-electron chi connectivity index (χ1n) is 9.79. The van der Waals surface area contributed by atoms with Gasteiger partial charge in [-0.1, -0.05) is 47.5 Å². The minimum Gasteiger partial charge on any atom is -0.311 e. The maximum absolute atomic E-state index is 12.8. The van der Waals surface area contributed by atoms with Gasteiger partial charge in [0.15, 0.2) is 0 Å². The first kappa shape index (κ1) is 21.2. The van der Waals surface area contributed by atoms with Gasteiger partial charge < -0.3 is 5.32 Å². The molecule has 0 unspecified atom stereocenters. The van der Waals surface area contributed by atoms with Crippen molar-refractivity contribution < 1.29 is 4.79 Å². The fourth-order valence-electron chi connectivity index (χ4n) is 3.50. The molecule has 158 valence electrons. The van der Waals surface area contributed by atoms with Crippen LogP contribution in [0.15, 0.2) is 60.8 Å². The van der Waals surface area contributed by atoms with Crippen molar-refractivity contribution in [3.8, 4) is 5.69 Å². The van der Waals surface area contributed by atoms with E-state index in [4.69, 9.17) is 23.2 Å². The van der Waals surface area contributed by atoms with Crippen molar-refractivity contribution in [2.45, 2.75) is 26.8 Å². The Kier molecular flexibility index (Phi) is 6.11. The van der Waals surface area contributed by atoms with Crippen LogP contribution in [-0.4, -0.2) is 25.5 Å². The number of para-hydroxylation sites is 1. The highest BCUT2D eigenvalue weighted by Gasteiger charge is 2.17. The Labute approximate surface area is 190 Å². The number of amides is 1. The number of halogens is 2. The summed E-state index contributed by atoms with van der Waals surface area (Å²) in [5.74, 6) is 0.428. The molecular weight excluding hydrogens is 433 g/mol. The van der Waals surface area contributed by atoms with E-state index in [1.807, 2.05) is 48.9 Å². The standard InChI is InChI=1S/C23H21Cl2N5O/c1-15-18(16(2)30(28-15)17-7-4-3-5-8-17)13-23(31)27-22-11-12-26-29(22)14-19-20(24)9-6-10-21(19)25/h3-12H,13-14H2,1-2H3,(H,27,31). The number of nitrogens with one attached hydrogen (secondary N) is 1. The summed E-state index contributed by atoms with van der Waals surface area (Å²) in [6.45, 7) is 4.24. The molecule has 8 heteroatoms. The molecular formula is C23H21Cl2N5O. The maximum Gasteiger partial charge on any atom is 0.230 e. The van der Waals surface area contributed by atoms with E-state index in [1.165, 1.54) is 0 Å². The van der Waals surface area contributed by atoms with E-state index >= 15 is 0 Å². The SMILES string of the molecule is Cc1nn(-c2ccccc2)c(C)c1CC(=O)Nc1ccnn1Cc1c(Cl)cccc1Cl. The Morgan fingerprint density at radius 3 is 2.39 bits per heavy atom. The third-order valence-electron chi connectivity index (χ3n) is 5.13. The largest absolute Gasteiger partial charge is 0.311 e. The molecule has 4 rings (SSSR count). The molecule has 0 radical (unpaired) electrons. The molecule has 2 aromatic carbocycles. The van der Waals surface area contributed by atoms with Gasteiger partial charge in [-0.25, -0.2) is 9.36 Å². The summed E-state index contributed by atoms with van der Waals surface area (Å²) in [5, 5.41) is 13.0. The molecule has 0 fully saturated rings. The maximum atomic E-state index is 12.8. The highest BCUT2D eigenvalue weighted by Crippen LogP contribution is 2.26. The molecule has 0 saturated carbocycles. The average molecular weight is 454 g/mol. The number of hydrogen-bond acceptors (Lipinski definition) is 3. The summed E-state index contributed by atoms with van der Waals surface area (Å²) in [7, 11) is 0. The van der Waals surface area contributed by atoms with Crippen LogP contribution in [0.2, 0.25) is 10.0 Å². The Morgan fingerprint density at radius 2 is 1.68 bits per heavy atom. The van der Waals surface area contributed by atoms with Gasteiger partial charge in [0.2, 0.25) is 5.91 Å². The Morgan fingerprint density at radius 1 is 0.968 bits per heavy atom. The van der Waals surface area contributed by atoms with Crippen molar-refractivity contribution in [2.75, 3.05) is 5.32 Å². The number of benzene rings is 2. The van der Waals surface area contributed by atoms with Gasteiger partial charge in [0.25, 0.3) is 0 Å². The lowest BCUT2D eigenvalue weighted by Crippen LogP contribution is -2.18. The summed E-state index contributed by atoms with van der Waals surface area (Å²) in [5.41, 5.74) is 4.38. The number of carbonyl (C=O) groups is 1. The normalized spacial score (nSPS) is 11.0. The van der Waals surface area contributed by atoms with Crippen LogP contribution >= 0.6 is 23.2 Å². The van der Waals surface area contributed by atoms with Crippen molar-refractivity contribution in [3.63, 3.8) is 0 Å². The number of aromatic nitrogens is 4. The van der Waals surface area contributed by atoms with Crippen molar-refractivity contribution >= 4 is 34.9 Å². The lowest BCUT2D eigenvalue weighted by Gasteiger charge is -2.11. The third-order valence-corrected chi connectivity index (χ3v) is 5.84. The summed E-state index contributed by atoms with van der Waals surface area (Å²) in [6.07, 6.45) is 1.84. The van der Waals surface area contributed by atoms with Gasteiger partial charge in [-0.05, 0) is 38.1 Å². The van der Waals surface area contributed by atoms with Gasteiger partial charge in [0, 0.05) is 32.9 Å². The van der Waals surface area contributed by atoms with E-state index in [9.17, 15) is 4.79 Å². The van der Waals surface area contributed by atoms with Crippen molar-refractivity contribution in [2.24, 2.45) is 0 Å². The van der Waals surface area contributed by atoms with Crippen LogP contribution in [0.4, 0.5) is 5.82 Å². The number of carbonyl (C=O) groups excluding carboxylic acids is 1. The van der Waals surface area contributed by atoms with E-state index in [1.54, 1.807) is 35.1 Å². The molecule has 1 N–H and O–H groups in total. The van der Waals surface area contributed by atoms with Gasteiger partial charge in [-0.2, -0.15) is 10.2 Å². The lowest BCUT2D eigenvalue weighted by atomic mass is 10.1. The first-order chi connectivity index (χ1) is 14.9. The zero-order valence-corrected chi connectivity index (χ0v) is 18.7. The number of nitrogens with zero attached hydrogens (tertiary/aromatic N) is 4. The smallest absolute Gasteiger partial charge is 0.230 e. The fourth-order valence-corrected chi connectivity index (χ4v) is 4.01. The summed E-state index contributed by atoms with van der Waals surface area (Å²) >= 11 is 12.6. The molecule has 0 atom stereocenters. The molecule has 0 aliphatic carbocycles. The van der Waals surface area contributed by atoms with Crippen LogP contribution < -0.4 is 5.32 Å². The second-order valence-corrected chi connectivity index (χ2v) is 8.01. The number of hydrogen-bond donors (Lipinski definition) is 1. The van der Waals surface area contributed by atoms with Crippen LogP contribution in [0, 0.1) is 13.8 Å². The Balaban J connectivity index is 1.51. The van der Waals surface area contributed by atoms with Crippen LogP contribution in [0.3, 0.4) is 0 Å². The number of aryl methyl sites for hydroxylation is 1. The lowest BCUT2D eigenvalue weighted by molar-refractivity contribution is -0.115. The number of rotatable bonds is 6.